The smallest absolute Gasteiger partial charge is 0.307 e. The summed E-state index contributed by atoms with van der Waals surface area (Å²) in [5, 5.41) is 10.3. The number of rotatable bonds is 3. The third-order valence-corrected chi connectivity index (χ3v) is 4.59. The number of hydrogen-bond donors (Lipinski definition) is 2. The van der Waals surface area contributed by atoms with Gasteiger partial charge in [0.25, 0.3) is 0 Å². The summed E-state index contributed by atoms with van der Waals surface area (Å²) in [6, 6.07) is 23.4. The van der Waals surface area contributed by atoms with Gasteiger partial charge in [0.15, 0.2) is 5.13 Å². The number of carbonyl (C=O) groups excluding carboxylic acids is 1. The summed E-state index contributed by atoms with van der Waals surface area (Å²) in [7, 11) is 0. The Labute approximate surface area is 149 Å². The van der Waals surface area contributed by atoms with E-state index in [9.17, 15) is 4.79 Å². The number of benzene rings is 3. The average molecular weight is 345 g/mol. The Bertz CT molecular complexity index is 1020. The first-order chi connectivity index (χ1) is 12.3. The Morgan fingerprint density at radius 3 is 2.48 bits per heavy atom. The van der Waals surface area contributed by atoms with E-state index in [1.165, 1.54) is 11.3 Å². The van der Waals surface area contributed by atoms with Gasteiger partial charge in [0.2, 0.25) is 0 Å². The van der Waals surface area contributed by atoms with Gasteiger partial charge in [-0.1, -0.05) is 66.7 Å². The molecule has 1 aromatic heterocycles. The van der Waals surface area contributed by atoms with Gasteiger partial charge in [-0.15, -0.1) is 11.3 Å². The van der Waals surface area contributed by atoms with Crippen molar-refractivity contribution in [3.05, 3.63) is 78.2 Å². The van der Waals surface area contributed by atoms with Crippen LogP contribution in [0, 0.1) is 0 Å². The minimum absolute atomic E-state index is 0.301. The van der Waals surface area contributed by atoms with E-state index in [1.807, 2.05) is 78.2 Å². The Hall–Kier alpha value is -3.18. The molecule has 122 valence electrons. The van der Waals surface area contributed by atoms with Gasteiger partial charge in [0.05, 0.1) is 11.4 Å². The molecule has 0 unspecified atom stereocenters. The number of thiazole rings is 1. The van der Waals surface area contributed by atoms with Gasteiger partial charge in [0, 0.05) is 16.3 Å². The van der Waals surface area contributed by atoms with Crippen molar-refractivity contribution in [1.82, 2.24) is 4.98 Å². The first kappa shape index (κ1) is 15.4. The molecule has 0 radical (unpaired) electrons. The van der Waals surface area contributed by atoms with Crippen molar-refractivity contribution in [2.24, 2.45) is 0 Å². The minimum Gasteiger partial charge on any atom is -0.307 e. The quantitative estimate of drug-likeness (QED) is 0.507. The second kappa shape index (κ2) is 6.75. The van der Waals surface area contributed by atoms with E-state index >= 15 is 0 Å². The van der Waals surface area contributed by atoms with Crippen LogP contribution in [0.2, 0.25) is 0 Å². The van der Waals surface area contributed by atoms with Crippen LogP contribution in [-0.4, -0.2) is 11.0 Å². The molecule has 1 heterocycles. The van der Waals surface area contributed by atoms with Crippen molar-refractivity contribution in [1.29, 1.82) is 0 Å². The number of urea groups is 1. The van der Waals surface area contributed by atoms with Gasteiger partial charge in [-0.25, -0.2) is 9.78 Å². The summed E-state index contributed by atoms with van der Waals surface area (Å²) >= 11 is 1.40. The third kappa shape index (κ3) is 3.36. The predicted molar refractivity (Wildman–Crippen MR) is 104 cm³/mol. The third-order valence-electron chi connectivity index (χ3n) is 3.83. The van der Waals surface area contributed by atoms with Gasteiger partial charge in [-0.3, -0.25) is 5.32 Å². The van der Waals surface area contributed by atoms with Crippen LogP contribution in [-0.2, 0) is 0 Å². The summed E-state index contributed by atoms with van der Waals surface area (Å²) in [6.07, 6.45) is 0. The normalized spacial score (nSPS) is 10.6. The molecule has 4 nitrogen and oxygen atoms in total. The van der Waals surface area contributed by atoms with Gasteiger partial charge < -0.3 is 5.32 Å². The molecule has 0 fully saturated rings. The van der Waals surface area contributed by atoms with Crippen molar-refractivity contribution < 1.29 is 4.79 Å². The van der Waals surface area contributed by atoms with Crippen molar-refractivity contribution in [3.8, 4) is 11.3 Å². The number of hydrogen-bond acceptors (Lipinski definition) is 3. The zero-order valence-corrected chi connectivity index (χ0v) is 14.1. The highest BCUT2D eigenvalue weighted by atomic mass is 32.1. The fraction of sp³-hybridized carbons (Fsp3) is 0. The number of nitrogens with zero attached hydrogens (tertiary/aromatic N) is 1. The molecule has 4 aromatic rings. The average Bonchev–Trinajstić information content (AvgIpc) is 3.11. The Morgan fingerprint density at radius 1 is 0.840 bits per heavy atom. The lowest BCUT2D eigenvalue weighted by molar-refractivity contribution is 0.262. The molecule has 25 heavy (non-hydrogen) atoms. The molecule has 4 rings (SSSR count). The molecular weight excluding hydrogens is 330 g/mol. The highest BCUT2D eigenvalue weighted by Crippen LogP contribution is 2.26. The van der Waals surface area contributed by atoms with Crippen LogP contribution in [0.3, 0.4) is 0 Å². The van der Waals surface area contributed by atoms with Crippen LogP contribution >= 0.6 is 11.3 Å². The summed E-state index contributed by atoms with van der Waals surface area (Å²) < 4.78 is 0. The molecule has 3 aromatic carbocycles. The van der Waals surface area contributed by atoms with Crippen molar-refractivity contribution >= 4 is 39.0 Å². The fourth-order valence-corrected chi connectivity index (χ4v) is 3.37. The molecule has 5 heteroatoms. The van der Waals surface area contributed by atoms with Gasteiger partial charge in [0.1, 0.15) is 0 Å². The minimum atomic E-state index is -0.301. The molecule has 0 spiro atoms. The molecule has 0 saturated heterocycles. The van der Waals surface area contributed by atoms with Gasteiger partial charge in [-0.2, -0.15) is 0 Å². The molecule has 0 atom stereocenters. The van der Waals surface area contributed by atoms with Crippen molar-refractivity contribution in [3.63, 3.8) is 0 Å². The second-order valence-electron chi connectivity index (χ2n) is 5.51. The summed E-state index contributed by atoms with van der Waals surface area (Å²) in [6.45, 7) is 0. The Balaban J connectivity index is 1.50. The SMILES string of the molecule is O=C(Nc1nc(-c2ccccc2)cs1)Nc1cccc2ccccc12. The standard InChI is InChI=1S/C20H15N3OS/c24-19(21-17-12-6-10-14-7-4-5-11-16(14)17)23-20-22-18(13-25-20)15-8-2-1-3-9-15/h1-13H,(H2,21,22,23,24). The Morgan fingerprint density at radius 2 is 1.60 bits per heavy atom. The fourth-order valence-electron chi connectivity index (χ4n) is 2.66. The second-order valence-corrected chi connectivity index (χ2v) is 6.37. The number of aromatic nitrogens is 1. The molecule has 0 saturated carbocycles. The first-order valence-electron chi connectivity index (χ1n) is 7.86. The highest BCUT2D eigenvalue weighted by Gasteiger charge is 2.09. The van der Waals surface area contributed by atoms with Crippen molar-refractivity contribution in [2.75, 3.05) is 10.6 Å². The van der Waals surface area contributed by atoms with E-state index in [4.69, 9.17) is 0 Å². The largest absolute Gasteiger partial charge is 0.325 e. The maximum absolute atomic E-state index is 12.3. The highest BCUT2D eigenvalue weighted by molar-refractivity contribution is 7.14. The molecule has 0 aliphatic heterocycles. The van der Waals surface area contributed by atoms with E-state index in [1.54, 1.807) is 0 Å². The van der Waals surface area contributed by atoms with E-state index < -0.39 is 0 Å². The molecule has 0 aliphatic carbocycles. The molecular formula is C20H15N3OS. The maximum atomic E-state index is 12.3. The number of fused-ring (bicyclic) bond motifs is 1. The molecule has 0 bridgehead atoms. The number of carbonyl (C=O) groups is 1. The number of amides is 2. The molecule has 0 aliphatic rings. The first-order valence-corrected chi connectivity index (χ1v) is 8.74. The van der Waals surface area contributed by atoms with E-state index in [0.29, 0.717) is 5.13 Å². The Kier molecular flexibility index (Phi) is 4.14. The van der Waals surface area contributed by atoms with E-state index in [0.717, 1.165) is 27.7 Å². The van der Waals surface area contributed by atoms with E-state index in [-0.39, 0.29) is 6.03 Å². The van der Waals surface area contributed by atoms with Crippen LogP contribution in [0.4, 0.5) is 15.6 Å². The van der Waals surface area contributed by atoms with Gasteiger partial charge in [-0.05, 0) is 11.5 Å². The van der Waals surface area contributed by atoms with Crippen LogP contribution < -0.4 is 10.6 Å². The lowest BCUT2D eigenvalue weighted by Crippen LogP contribution is -2.19. The summed E-state index contributed by atoms with van der Waals surface area (Å²) in [4.78, 5) is 16.8. The predicted octanol–water partition coefficient (Wildman–Crippen LogP) is 5.61. The maximum Gasteiger partial charge on any atom is 0.325 e. The monoisotopic (exact) mass is 345 g/mol. The molecule has 2 N–H and O–H groups in total. The number of anilines is 2. The van der Waals surface area contributed by atoms with Crippen LogP contribution in [0.5, 0.6) is 0 Å². The number of nitrogens with one attached hydrogen (secondary N) is 2. The lowest BCUT2D eigenvalue weighted by atomic mass is 10.1. The van der Waals surface area contributed by atoms with Gasteiger partial charge >= 0.3 is 6.03 Å². The topological polar surface area (TPSA) is 54.0 Å². The van der Waals surface area contributed by atoms with Crippen molar-refractivity contribution in [2.45, 2.75) is 0 Å². The summed E-state index contributed by atoms with van der Waals surface area (Å²) in [5.41, 5.74) is 2.66. The lowest BCUT2D eigenvalue weighted by Gasteiger charge is -2.08. The van der Waals surface area contributed by atoms with Crippen LogP contribution in [0.25, 0.3) is 22.0 Å². The van der Waals surface area contributed by atoms with E-state index in [2.05, 4.69) is 15.6 Å². The van der Waals surface area contributed by atoms with Crippen LogP contribution in [0.15, 0.2) is 78.2 Å². The molecule has 2 amide bonds. The zero-order chi connectivity index (χ0) is 17.1. The van der Waals surface area contributed by atoms with Crippen LogP contribution in [0.1, 0.15) is 0 Å². The summed E-state index contributed by atoms with van der Waals surface area (Å²) in [5.74, 6) is 0. The zero-order valence-electron chi connectivity index (χ0n) is 13.3.